The molecule has 0 bridgehead atoms. The van der Waals surface area contributed by atoms with Crippen LogP contribution in [0.1, 0.15) is 38.8 Å². The largest absolute Gasteiger partial charge is 0.321 e. The molecule has 31 heavy (non-hydrogen) atoms. The third kappa shape index (κ3) is 4.28. The first-order valence-electron chi connectivity index (χ1n) is 8.81. The van der Waals surface area contributed by atoms with Crippen LogP contribution in [0.2, 0.25) is 5.02 Å². The van der Waals surface area contributed by atoms with E-state index >= 15 is 4.39 Å². The number of hydrogen-bond donors (Lipinski definition) is 1. The first-order chi connectivity index (χ1) is 14.8. The lowest BCUT2D eigenvalue weighted by atomic mass is 9.97. The molecule has 0 aliphatic heterocycles. The third-order valence-corrected chi connectivity index (χ3v) is 4.79. The second kappa shape index (κ2) is 8.74. The summed E-state index contributed by atoms with van der Waals surface area (Å²) in [5.74, 6) is -3.74. The molecular formula is C23H12ClF2N3O2. The van der Waals surface area contributed by atoms with Crippen LogP contribution >= 0.6 is 11.6 Å². The molecule has 0 heterocycles. The number of halogens is 3. The summed E-state index contributed by atoms with van der Waals surface area (Å²) in [6.07, 6.45) is 0. The first kappa shape index (κ1) is 21.6. The number of Topliss-reactive ketones (excluding diaryl/α,β-unsaturated/α-hetero) is 1. The van der Waals surface area contributed by atoms with Gasteiger partial charge in [0.25, 0.3) is 5.91 Å². The van der Waals surface area contributed by atoms with Crippen LogP contribution < -0.4 is 5.32 Å². The van der Waals surface area contributed by atoms with Crippen molar-refractivity contribution >= 4 is 29.0 Å². The summed E-state index contributed by atoms with van der Waals surface area (Å²) >= 11 is 6.00. The number of nitrogens with one attached hydrogen (secondary N) is 1. The van der Waals surface area contributed by atoms with E-state index in [-0.39, 0.29) is 27.4 Å². The summed E-state index contributed by atoms with van der Waals surface area (Å²) in [6, 6.07) is 14.1. The van der Waals surface area contributed by atoms with Crippen molar-refractivity contribution in [3.8, 4) is 23.3 Å². The summed E-state index contributed by atoms with van der Waals surface area (Å²) in [4.78, 5) is 24.8. The number of hydrogen-bond acceptors (Lipinski definition) is 4. The molecule has 0 unspecified atom stereocenters. The van der Waals surface area contributed by atoms with Crippen molar-refractivity contribution < 1.29 is 18.4 Å². The molecule has 152 valence electrons. The van der Waals surface area contributed by atoms with E-state index in [4.69, 9.17) is 22.1 Å². The molecule has 0 aliphatic carbocycles. The Bertz CT molecular complexity index is 1310. The highest BCUT2D eigenvalue weighted by molar-refractivity contribution is 6.34. The van der Waals surface area contributed by atoms with E-state index in [0.29, 0.717) is 5.56 Å². The number of nitriles is 2. The van der Waals surface area contributed by atoms with Crippen molar-refractivity contribution in [3.63, 3.8) is 0 Å². The fourth-order valence-electron chi connectivity index (χ4n) is 3.00. The first-order valence-corrected chi connectivity index (χ1v) is 9.19. The lowest BCUT2D eigenvalue weighted by Gasteiger charge is -2.15. The van der Waals surface area contributed by atoms with E-state index in [1.54, 1.807) is 0 Å². The van der Waals surface area contributed by atoms with Crippen molar-refractivity contribution in [1.29, 1.82) is 10.5 Å². The van der Waals surface area contributed by atoms with Crippen molar-refractivity contribution in [2.24, 2.45) is 0 Å². The maximum absolute atomic E-state index is 15.2. The molecule has 5 nitrogen and oxygen atoms in total. The summed E-state index contributed by atoms with van der Waals surface area (Å²) in [5.41, 5.74) is -0.847. The average Bonchev–Trinajstić information content (AvgIpc) is 2.74. The monoisotopic (exact) mass is 435 g/mol. The summed E-state index contributed by atoms with van der Waals surface area (Å²) in [7, 11) is 0. The molecule has 0 spiro atoms. The Morgan fingerprint density at radius 3 is 2.16 bits per heavy atom. The van der Waals surface area contributed by atoms with Gasteiger partial charge < -0.3 is 5.32 Å². The van der Waals surface area contributed by atoms with Gasteiger partial charge in [0.05, 0.1) is 50.7 Å². The maximum Gasteiger partial charge on any atom is 0.257 e. The van der Waals surface area contributed by atoms with Crippen LogP contribution in [0.3, 0.4) is 0 Å². The minimum absolute atomic E-state index is 0.0241. The van der Waals surface area contributed by atoms with Crippen LogP contribution in [0.4, 0.5) is 14.5 Å². The quantitative estimate of drug-likeness (QED) is 0.549. The topological polar surface area (TPSA) is 93.8 Å². The standard InChI is InChI=1S/C23H12ClF2N3O2/c1-12(30)20-19(29-23(31)16-8-14(11-28)4-7-17(16)24)9-18(25)21(22(20)26)15-5-2-13(10-27)3-6-15/h2-9H,1H3,(H,29,31). The molecule has 0 fully saturated rings. The van der Waals surface area contributed by atoms with Gasteiger partial charge in [-0.15, -0.1) is 0 Å². The second-order valence-corrected chi connectivity index (χ2v) is 6.88. The van der Waals surface area contributed by atoms with Crippen molar-refractivity contribution in [2.45, 2.75) is 6.92 Å². The lowest BCUT2D eigenvalue weighted by Crippen LogP contribution is -2.17. The van der Waals surface area contributed by atoms with Gasteiger partial charge in [0.2, 0.25) is 0 Å². The number of rotatable bonds is 4. The highest BCUT2D eigenvalue weighted by Crippen LogP contribution is 2.34. The number of amides is 1. The Balaban J connectivity index is 2.10. The van der Waals surface area contributed by atoms with Gasteiger partial charge >= 0.3 is 0 Å². The summed E-state index contributed by atoms with van der Waals surface area (Å²) in [5, 5.41) is 20.2. The Kier molecular flexibility index (Phi) is 6.10. The van der Waals surface area contributed by atoms with E-state index in [2.05, 4.69) is 5.32 Å². The fraction of sp³-hybridized carbons (Fsp3) is 0.0435. The highest BCUT2D eigenvalue weighted by Gasteiger charge is 2.24. The van der Waals surface area contributed by atoms with Gasteiger partial charge in [-0.1, -0.05) is 23.7 Å². The highest BCUT2D eigenvalue weighted by atomic mass is 35.5. The molecule has 0 radical (unpaired) electrons. The van der Waals surface area contributed by atoms with Gasteiger partial charge in [0, 0.05) is 0 Å². The molecule has 3 aromatic rings. The number of carbonyl (C=O) groups is 2. The van der Waals surface area contributed by atoms with E-state index in [1.807, 2.05) is 12.1 Å². The number of ketones is 1. The number of anilines is 1. The molecule has 1 N–H and O–H groups in total. The van der Waals surface area contributed by atoms with Crippen LogP contribution in [0.25, 0.3) is 11.1 Å². The lowest BCUT2D eigenvalue weighted by molar-refractivity contribution is 0.101. The molecule has 0 saturated carbocycles. The Morgan fingerprint density at radius 1 is 0.968 bits per heavy atom. The van der Waals surface area contributed by atoms with E-state index in [0.717, 1.165) is 13.0 Å². The number of benzene rings is 3. The van der Waals surface area contributed by atoms with Gasteiger partial charge in [0.1, 0.15) is 11.6 Å². The van der Waals surface area contributed by atoms with E-state index in [1.165, 1.54) is 42.5 Å². The summed E-state index contributed by atoms with van der Waals surface area (Å²) in [6.45, 7) is 1.08. The van der Waals surface area contributed by atoms with Crippen LogP contribution in [0.15, 0.2) is 48.5 Å². The second-order valence-electron chi connectivity index (χ2n) is 6.48. The Morgan fingerprint density at radius 2 is 1.58 bits per heavy atom. The van der Waals surface area contributed by atoms with Gasteiger partial charge in [0.15, 0.2) is 5.78 Å². The zero-order valence-corrected chi connectivity index (χ0v) is 16.7. The molecule has 3 rings (SSSR count). The molecule has 1 amide bonds. The average molecular weight is 436 g/mol. The van der Waals surface area contributed by atoms with Crippen LogP contribution in [-0.4, -0.2) is 11.7 Å². The van der Waals surface area contributed by atoms with Crippen molar-refractivity contribution in [3.05, 3.63) is 87.4 Å². The smallest absolute Gasteiger partial charge is 0.257 e. The molecular weight excluding hydrogens is 424 g/mol. The zero-order chi connectivity index (χ0) is 22.7. The Labute approximate surface area is 181 Å². The zero-order valence-electron chi connectivity index (χ0n) is 16.0. The normalized spacial score (nSPS) is 10.1. The van der Waals surface area contributed by atoms with Crippen molar-refractivity contribution in [1.82, 2.24) is 0 Å². The van der Waals surface area contributed by atoms with Gasteiger partial charge in [-0.2, -0.15) is 10.5 Å². The minimum atomic E-state index is -1.15. The Hall–Kier alpha value is -4.07. The summed E-state index contributed by atoms with van der Waals surface area (Å²) < 4.78 is 30.1. The van der Waals surface area contributed by atoms with E-state index in [9.17, 15) is 14.0 Å². The fourth-order valence-corrected chi connectivity index (χ4v) is 3.20. The van der Waals surface area contributed by atoms with Crippen molar-refractivity contribution in [2.75, 3.05) is 5.32 Å². The predicted molar refractivity (Wildman–Crippen MR) is 111 cm³/mol. The third-order valence-electron chi connectivity index (χ3n) is 4.46. The maximum atomic E-state index is 15.2. The number of nitrogens with zero attached hydrogens (tertiary/aromatic N) is 2. The number of carbonyl (C=O) groups excluding carboxylic acids is 2. The van der Waals surface area contributed by atoms with Gasteiger partial charge in [-0.3, -0.25) is 9.59 Å². The van der Waals surface area contributed by atoms with E-state index < -0.39 is 34.5 Å². The van der Waals surface area contributed by atoms with Crippen LogP contribution in [0, 0.1) is 34.3 Å². The predicted octanol–water partition coefficient (Wildman–Crippen LogP) is 5.48. The molecule has 0 saturated heterocycles. The van der Waals surface area contributed by atoms with Crippen LogP contribution in [0.5, 0.6) is 0 Å². The molecule has 0 atom stereocenters. The molecule has 0 aromatic heterocycles. The molecule has 0 aliphatic rings. The van der Waals surface area contributed by atoms with Gasteiger partial charge in [-0.05, 0) is 48.9 Å². The van der Waals surface area contributed by atoms with Crippen LogP contribution in [-0.2, 0) is 0 Å². The minimum Gasteiger partial charge on any atom is -0.321 e. The molecule has 8 heteroatoms. The molecule has 3 aromatic carbocycles. The van der Waals surface area contributed by atoms with Gasteiger partial charge in [-0.25, -0.2) is 8.78 Å². The SMILES string of the molecule is CC(=O)c1c(NC(=O)c2cc(C#N)ccc2Cl)cc(F)c(-c2ccc(C#N)cc2)c1F.